The maximum absolute atomic E-state index is 13.1. The van der Waals surface area contributed by atoms with Crippen LogP contribution < -0.4 is 0 Å². The Bertz CT molecular complexity index is 1880. The summed E-state index contributed by atoms with van der Waals surface area (Å²) in [6, 6.07) is 0. The number of esters is 3. The summed E-state index contributed by atoms with van der Waals surface area (Å²) in [5.74, 6) is -3.36. The lowest BCUT2D eigenvalue weighted by molar-refractivity contribution is -0.301. The van der Waals surface area contributed by atoms with Crippen molar-refractivity contribution in [2.45, 2.75) is 250 Å². The lowest BCUT2D eigenvalue weighted by Crippen LogP contribution is -2.61. The molecular formula is C67H104O12. The quantitative estimate of drug-likeness (QED) is 0.0228. The smallest absolute Gasteiger partial charge is 0.335 e. The second kappa shape index (κ2) is 53.5. The van der Waals surface area contributed by atoms with Crippen LogP contribution in [0.1, 0.15) is 213 Å². The van der Waals surface area contributed by atoms with Gasteiger partial charge in [-0.3, -0.25) is 14.4 Å². The van der Waals surface area contributed by atoms with Gasteiger partial charge in [0.1, 0.15) is 18.8 Å². The van der Waals surface area contributed by atoms with E-state index in [9.17, 15) is 34.5 Å². The van der Waals surface area contributed by atoms with Crippen LogP contribution in [0.3, 0.4) is 0 Å². The van der Waals surface area contributed by atoms with Crippen LogP contribution in [0.2, 0.25) is 0 Å². The number of carbonyl (C=O) groups is 4. The predicted molar refractivity (Wildman–Crippen MR) is 321 cm³/mol. The molecular weight excluding hydrogens is 997 g/mol. The molecule has 0 radical (unpaired) electrons. The fourth-order valence-electron chi connectivity index (χ4n) is 8.17. The van der Waals surface area contributed by atoms with Gasteiger partial charge < -0.3 is 39.0 Å². The molecule has 0 aromatic heterocycles. The molecule has 0 amide bonds. The van der Waals surface area contributed by atoms with Crippen molar-refractivity contribution in [1.29, 1.82) is 0 Å². The summed E-state index contributed by atoms with van der Waals surface area (Å²) in [7, 11) is 0. The number of carboxylic acid groups (broad SMARTS) is 1. The molecule has 0 saturated carbocycles. The Labute approximate surface area is 477 Å². The molecule has 0 bridgehead atoms. The summed E-state index contributed by atoms with van der Waals surface area (Å²) in [6.07, 6.45) is 63.1. The van der Waals surface area contributed by atoms with Gasteiger partial charge >= 0.3 is 23.9 Å². The summed E-state index contributed by atoms with van der Waals surface area (Å²) in [5, 5.41) is 31.5. The molecule has 1 rings (SSSR count). The third-order valence-corrected chi connectivity index (χ3v) is 12.7. The minimum absolute atomic E-state index is 0.0254. The predicted octanol–water partition coefficient (Wildman–Crippen LogP) is 15.8. The molecule has 12 nitrogen and oxygen atoms in total. The fraction of sp³-hybridized carbons (Fsp3) is 0.612. The van der Waals surface area contributed by atoms with Crippen LogP contribution >= 0.6 is 0 Å². The Balaban J connectivity index is 2.76. The number of allylic oxidation sites excluding steroid dienone is 22. The molecule has 0 aromatic rings. The Hall–Kier alpha value is -5.14. The van der Waals surface area contributed by atoms with Crippen molar-refractivity contribution in [2.24, 2.45) is 0 Å². The minimum Gasteiger partial charge on any atom is -0.479 e. The topological polar surface area (TPSA) is 175 Å². The van der Waals surface area contributed by atoms with Crippen molar-refractivity contribution < 1.29 is 58.2 Å². The van der Waals surface area contributed by atoms with Gasteiger partial charge in [0.25, 0.3) is 0 Å². The molecule has 444 valence electrons. The van der Waals surface area contributed by atoms with Crippen LogP contribution in [0.4, 0.5) is 0 Å². The normalized spacial score (nSPS) is 18.8. The van der Waals surface area contributed by atoms with E-state index >= 15 is 0 Å². The summed E-state index contributed by atoms with van der Waals surface area (Å²) >= 11 is 0. The van der Waals surface area contributed by atoms with Gasteiger partial charge in [0.05, 0.1) is 6.61 Å². The Morgan fingerprint density at radius 3 is 1.27 bits per heavy atom. The molecule has 6 unspecified atom stereocenters. The number of hydrogen-bond acceptors (Lipinski definition) is 11. The first-order chi connectivity index (χ1) is 38.6. The van der Waals surface area contributed by atoms with Gasteiger partial charge in [0.2, 0.25) is 0 Å². The maximum atomic E-state index is 13.1. The lowest BCUT2D eigenvalue weighted by Gasteiger charge is -2.40. The minimum atomic E-state index is -1.95. The SMILES string of the molecule is CC/C=C\C/C=C\C/C=C\C/C=C\C/C=C\C/C=C\CCC(=O)OC1C(OCC(COC(=O)CCCCCCCCC/C=C\CCCCCCCC)OC(=O)CC/C=C\C/C=C\C/C=C\C/C=C\CC)OC(C(=O)O)C(O)C1O. The average molecular weight is 1100 g/mol. The Morgan fingerprint density at radius 1 is 0.430 bits per heavy atom. The van der Waals surface area contributed by atoms with Crippen molar-refractivity contribution >= 4 is 23.9 Å². The molecule has 1 saturated heterocycles. The van der Waals surface area contributed by atoms with E-state index in [1.807, 2.05) is 30.4 Å². The molecule has 3 N–H and O–H groups in total. The zero-order chi connectivity index (χ0) is 57.5. The van der Waals surface area contributed by atoms with Crippen LogP contribution in [0.15, 0.2) is 134 Å². The largest absolute Gasteiger partial charge is 0.479 e. The van der Waals surface area contributed by atoms with Gasteiger partial charge in [-0.15, -0.1) is 0 Å². The number of rotatable bonds is 49. The summed E-state index contributed by atoms with van der Waals surface area (Å²) < 4.78 is 28.2. The third kappa shape index (κ3) is 43.4. The zero-order valence-corrected chi connectivity index (χ0v) is 48.8. The molecule has 1 aliphatic rings. The van der Waals surface area contributed by atoms with E-state index in [1.54, 1.807) is 0 Å². The van der Waals surface area contributed by atoms with Gasteiger partial charge in [-0.05, 0) is 109 Å². The molecule has 79 heavy (non-hydrogen) atoms. The standard InChI is InChI=1S/C67H104O12/c1-4-7-10-13-16-19-22-25-27-29-30-32-34-37-40-43-46-49-52-55-61(70)78-65-63(72)62(71)64(66(73)74)79-67(65)76-57-58(77-60(69)54-51-48-45-42-39-35-24-21-18-15-12-9-6-3)56-75-59(68)53-50-47-44-41-38-36-33-31-28-26-23-20-17-14-11-8-5-2/h7,9-10,12,16,18-19,21,25-28,30,32,35,37,39-40,45-46,48-49,58,62-65,67,71-72H,4-6,8,11,13-15,17,20,22-24,29,31,33-34,36,38,41-44,47,50-57H2,1-3H3,(H,73,74)/b10-7-,12-9-,19-16-,21-18-,27-25-,28-26-,32-30-,39-35-,40-37-,48-45-,49-46-. The second-order valence-electron chi connectivity index (χ2n) is 19.9. The van der Waals surface area contributed by atoms with Crippen molar-refractivity contribution in [1.82, 2.24) is 0 Å². The maximum Gasteiger partial charge on any atom is 0.335 e. The van der Waals surface area contributed by atoms with E-state index < -0.39 is 67.3 Å². The van der Waals surface area contributed by atoms with Crippen LogP contribution in [0, 0.1) is 0 Å². The number of aliphatic hydroxyl groups excluding tert-OH is 2. The Kier molecular flexibility index (Phi) is 48.7. The monoisotopic (exact) mass is 1100 g/mol. The van der Waals surface area contributed by atoms with Crippen LogP contribution in [0.25, 0.3) is 0 Å². The van der Waals surface area contributed by atoms with E-state index in [0.717, 1.165) is 83.5 Å². The number of ether oxygens (including phenoxy) is 5. The van der Waals surface area contributed by atoms with Gasteiger partial charge in [-0.25, -0.2) is 4.79 Å². The highest BCUT2D eigenvalue weighted by molar-refractivity contribution is 5.74. The number of carbonyl (C=O) groups excluding carboxylic acids is 3. The number of hydrogen-bond donors (Lipinski definition) is 3. The second-order valence-corrected chi connectivity index (χ2v) is 19.9. The van der Waals surface area contributed by atoms with Crippen molar-refractivity contribution in [3.05, 3.63) is 134 Å². The highest BCUT2D eigenvalue weighted by Crippen LogP contribution is 2.26. The first-order valence-corrected chi connectivity index (χ1v) is 30.2. The average Bonchev–Trinajstić information content (AvgIpc) is 3.46. The molecule has 6 atom stereocenters. The van der Waals surface area contributed by atoms with Gasteiger partial charge in [-0.2, -0.15) is 0 Å². The molecule has 0 spiro atoms. The fourth-order valence-corrected chi connectivity index (χ4v) is 8.17. The first-order valence-electron chi connectivity index (χ1n) is 30.2. The lowest BCUT2D eigenvalue weighted by atomic mass is 9.98. The number of aliphatic carboxylic acids is 1. The summed E-state index contributed by atoms with van der Waals surface area (Å²) in [5.41, 5.74) is 0. The molecule has 1 aliphatic heterocycles. The van der Waals surface area contributed by atoms with Crippen molar-refractivity contribution in [3.63, 3.8) is 0 Å². The Morgan fingerprint density at radius 2 is 0.823 bits per heavy atom. The van der Waals surface area contributed by atoms with Crippen molar-refractivity contribution in [2.75, 3.05) is 13.2 Å². The van der Waals surface area contributed by atoms with Crippen LogP contribution in [0.5, 0.6) is 0 Å². The number of unbranched alkanes of at least 4 members (excludes halogenated alkanes) is 13. The zero-order valence-electron chi connectivity index (χ0n) is 48.8. The van der Waals surface area contributed by atoms with Gasteiger partial charge in [0.15, 0.2) is 24.6 Å². The molecule has 1 heterocycles. The summed E-state index contributed by atoms with van der Waals surface area (Å²) in [4.78, 5) is 51.1. The van der Waals surface area contributed by atoms with E-state index in [-0.39, 0.29) is 25.9 Å². The number of aliphatic hydroxyl groups is 2. The van der Waals surface area contributed by atoms with Gasteiger partial charge in [0, 0.05) is 19.3 Å². The van der Waals surface area contributed by atoms with E-state index in [1.165, 1.54) is 57.8 Å². The van der Waals surface area contributed by atoms with Crippen molar-refractivity contribution in [3.8, 4) is 0 Å². The van der Waals surface area contributed by atoms with Gasteiger partial charge in [-0.1, -0.05) is 219 Å². The molecule has 0 aromatic carbocycles. The summed E-state index contributed by atoms with van der Waals surface area (Å²) in [6.45, 7) is 5.65. The van der Waals surface area contributed by atoms with Crippen LogP contribution in [-0.2, 0) is 42.9 Å². The van der Waals surface area contributed by atoms with E-state index in [4.69, 9.17) is 23.7 Å². The van der Waals surface area contributed by atoms with E-state index in [2.05, 4.69) is 124 Å². The molecule has 1 fully saturated rings. The highest BCUT2D eigenvalue weighted by Gasteiger charge is 2.50. The first kappa shape index (κ1) is 71.9. The van der Waals surface area contributed by atoms with E-state index in [0.29, 0.717) is 32.1 Å². The number of carboxylic acids is 1. The third-order valence-electron chi connectivity index (χ3n) is 12.7. The van der Waals surface area contributed by atoms with Crippen LogP contribution in [-0.4, -0.2) is 89.2 Å². The molecule has 0 aliphatic carbocycles. The molecule has 12 heteroatoms. The highest BCUT2D eigenvalue weighted by atomic mass is 16.7.